The quantitative estimate of drug-likeness (QED) is 0.0195. The number of ether oxygens (including phenoxy) is 2. The van der Waals surface area contributed by atoms with Crippen molar-refractivity contribution in [2.45, 2.75) is 251 Å². The number of allylic oxidation sites excluding steroid dienone is 16. The Labute approximate surface area is 455 Å². The van der Waals surface area contributed by atoms with Crippen molar-refractivity contribution in [3.05, 3.63) is 97.2 Å². The number of esters is 2. The van der Waals surface area contributed by atoms with Crippen LogP contribution in [-0.4, -0.2) is 70.0 Å². The van der Waals surface area contributed by atoms with Crippen LogP contribution in [0.25, 0.3) is 0 Å². The van der Waals surface area contributed by atoms with Crippen molar-refractivity contribution >= 4 is 19.8 Å². The minimum Gasteiger partial charge on any atom is -0.756 e. The number of quaternary nitrogens is 1. The zero-order valence-corrected chi connectivity index (χ0v) is 49.2. The number of carbonyl (C=O) groups excluding carboxylic acids is 2. The summed E-state index contributed by atoms with van der Waals surface area (Å²) in [5.41, 5.74) is 0. The third-order valence-corrected chi connectivity index (χ3v) is 13.6. The summed E-state index contributed by atoms with van der Waals surface area (Å²) < 4.78 is 34.2. The molecule has 0 radical (unpaired) electrons. The van der Waals surface area contributed by atoms with E-state index in [9.17, 15) is 19.0 Å². The Balaban J connectivity index is 4.18. The van der Waals surface area contributed by atoms with Crippen LogP contribution in [0, 0.1) is 0 Å². The molecule has 426 valence electrons. The largest absolute Gasteiger partial charge is 0.756 e. The second-order valence-electron chi connectivity index (χ2n) is 21.0. The molecule has 10 heteroatoms. The minimum atomic E-state index is -4.65. The number of hydrogen-bond donors (Lipinski definition) is 0. The molecule has 2 atom stereocenters. The van der Waals surface area contributed by atoms with Crippen molar-refractivity contribution in [1.82, 2.24) is 0 Å². The van der Waals surface area contributed by atoms with E-state index in [1.165, 1.54) is 109 Å². The SMILES string of the molecule is CC/C=C\C/C=C\C/C=C\C/C=C\C/C=C\CCCCCCCCCCCCCCCC(=O)OC(COC(=O)CCCCCCCC/C=C\C/C=C\C/C=C\CCCCCCC)COP(=O)([O-])OCC[N+](C)(C)C. The summed E-state index contributed by atoms with van der Waals surface area (Å²) in [7, 11) is 1.15. The lowest BCUT2D eigenvalue weighted by atomic mass is 10.0. The summed E-state index contributed by atoms with van der Waals surface area (Å²) >= 11 is 0. The van der Waals surface area contributed by atoms with Gasteiger partial charge < -0.3 is 27.9 Å². The molecule has 0 saturated heterocycles. The average molecular weight is 1050 g/mol. The zero-order chi connectivity index (χ0) is 54.2. The van der Waals surface area contributed by atoms with Crippen molar-refractivity contribution in [2.75, 3.05) is 47.5 Å². The maximum atomic E-state index is 12.8. The lowest BCUT2D eigenvalue weighted by Gasteiger charge is -2.28. The molecule has 0 aliphatic heterocycles. The number of phosphoric ester groups is 1. The highest BCUT2D eigenvalue weighted by Crippen LogP contribution is 2.38. The molecule has 0 saturated carbocycles. The first kappa shape index (κ1) is 70.9. The summed E-state index contributed by atoms with van der Waals surface area (Å²) in [4.78, 5) is 37.9. The van der Waals surface area contributed by atoms with Gasteiger partial charge >= 0.3 is 11.9 Å². The van der Waals surface area contributed by atoms with Crippen LogP contribution in [0.3, 0.4) is 0 Å². The Morgan fingerprint density at radius 2 is 0.770 bits per heavy atom. The van der Waals surface area contributed by atoms with Gasteiger partial charge in [-0.3, -0.25) is 14.2 Å². The van der Waals surface area contributed by atoms with Crippen LogP contribution in [0.1, 0.15) is 245 Å². The molecule has 0 rings (SSSR count). The first-order valence-electron chi connectivity index (χ1n) is 29.9. The molecule has 0 heterocycles. The maximum absolute atomic E-state index is 12.8. The van der Waals surface area contributed by atoms with Crippen molar-refractivity contribution in [3.8, 4) is 0 Å². The van der Waals surface area contributed by atoms with E-state index in [0.717, 1.165) is 96.3 Å². The number of hydrogen-bond acceptors (Lipinski definition) is 8. The van der Waals surface area contributed by atoms with Crippen LogP contribution in [0.2, 0.25) is 0 Å². The predicted octanol–water partition coefficient (Wildman–Crippen LogP) is 18.2. The summed E-state index contributed by atoms with van der Waals surface area (Å²) in [5, 5.41) is 0. The molecule has 0 aliphatic carbocycles. The van der Waals surface area contributed by atoms with Gasteiger partial charge in [0.2, 0.25) is 0 Å². The Bertz CT molecular complexity index is 1570. The number of likely N-dealkylation sites (N-methyl/N-ethyl adjacent to an activating group) is 1. The molecular formula is C64H112NO8P. The van der Waals surface area contributed by atoms with Crippen LogP contribution in [0.15, 0.2) is 97.2 Å². The second kappa shape index (κ2) is 54.7. The molecule has 0 aromatic heterocycles. The van der Waals surface area contributed by atoms with Gasteiger partial charge in [0.1, 0.15) is 19.8 Å². The smallest absolute Gasteiger partial charge is 0.306 e. The number of rotatable bonds is 54. The van der Waals surface area contributed by atoms with Crippen LogP contribution in [0.4, 0.5) is 0 Å². The number of phosphoric acid groups is 1. The van der Waals surface area contributed by atoms with Gasteiger partial charge in [-0.1, -0.05) is 233 Å². The van der Waals surface area contributed by atoms with Crippen molar-refractivity contribution in [2.24, 2.45) is 0 Å². The van der Waals surface area contributed by atoms with Gasteiger partial charge in [0, 0.05) is 12.8 Å². The van der Waals surface area contributed by atoms with E-state index in [1.807, 2.05) is 21.1 Å². The Morgan fingerprint density at radius 3 is 1.15 bits per heavy atom. The standard InChI is InChI=1S/C64H112NO8P/c1-6-8-10-12-14-16-18-20-22-24-26-28-29-30-31-32-33-34-35-37-39-41-43-45-47-49-51-53-55-57-64(67)73-62(61-72-74(68,69)71-59-58-65(3,4)5)60-70-63(66)56-54-52-50-48-46-44-42-40-38-36-27-25-23-21-19-17-15-13-11-9-7-2/h8,10,14,16,19-22,25-28,30-31,38,40,62H,6-7,9,11-13,15,17-18,23-24,29,32-37,39,41-61H2,1-5H3/b10-8-,16-14-,21-19-,22-20-,27-25-,28-26-,31-30-,40-38-. The molecule has 0 spiro atoms. The monoisotopic (exact) mass is 1050 g/mol. The predicted molar refractivity (Wildman–Crippen MR) is 314 cm³/mol. The number of nitrogens with zero attached hydrogens (tertiary/aromatic N) is 1. The molecule has 74 heavy (non-hydrogen) atoms. The fourth-order valence-electron chi connectivity index (χ4n) is 7.98. The lowest BCUT2D eigenvalue weighted by molar-refractivity contribution is -0.870. The van der Waals surface area contributed by atoms with Gasteiger partial charge in [-0.25, -0.2) is 0 Å². The molecule has 0 fully saturated rings. The maximum Gasteiger partial charge on any atom is 0.306 e. The van der Waals surface area contributed by atoms with Crippen LogP contribution < -0.4 is 4.89 Å². The van der Waals surface area contributed by atoms with E-state index in [0.29, 0.717) is 23.9 Å². The third-order valence-electron chi connectivity index (χ3n) is 12.6. The average Bonchev–Trinajstić information content (AvgIpc) is 3.36. The van der Waals surface area contributed by atoms with E-state index in [4.69, 9.17) is 18.5 Å². The summed E-state index contributed by atoms with van der Waals surface area (Å²) in [6, 6.07) is 0. The molecule has 0 aliphatic rings. The number of carbonyl (C=O) groups is 2. The van der Waals surface area contributed by atoms with E-state index in [-0.39, 0.29) is 26.1 Å². The lowest BCUT2D eigenvalue weighted by Crippen LogP contribution is -2.37. The van der Waals surface area contributed by atoms with Gasteiger partial charge in [0.15, 0.2) is 6.10 Å². The molecule has 0 aromatic carbocycles. The fraction of sp³-hybridized carbons (Fsp3) is 0.719. The third kappa shape index (κ3) is 58.2. The normalized spacial score (nSPS) is 14.0. The van der Waals surface area contributed by atoms with Gasteiger partial charge in [0.05, 0.1) is 27.7 Å². The minimum absolute atomic E-state index is 0.0374. The van der Waals surface area contributed by atoms with Crippen molar-refractivity contribution < 1.29 is 42.1 Å². The first-order chi connectivity index (χ1) is 36.0. The Hall–Kier alpha value is -3.07. The fourth-order valence-corrected chi connectivity index (χ4v) is 8.71. The van der Waals surface area contributed by atoms with Crippen LogP contribution >= 0.6 is 7.82 Å². The van der Waals surface area contributed by atoms with Crippen molar-refractivity contribution in [3.63, 3.8) is 0 Å². The molecular weight excluding hydrogens is 942 g/mol. The van der Waals surface area contributed by atoms with Gasteiger partial charge in [0.25, 0.3) is 7.82 Å². The molecule has 2 unspecified atom stereocenters. The molecule has 0 N–H and O–H groups in total. The zero-order valence-electron chi connectivity index (χ0n) is 48.3. The highest BCUT2D eigenvalue weighted by molar-refractivity contribution is 7.45. The molecule has 0 bridgehead atoms. The molecule has 9 nitrogen and oxygen atoms in total. The van der Waals surface area contributed by atoms with Crippen LogP contribution in [0.5, 0.6) is 0 Å². The van der Waals surface area contributed by atoms with Gasteiger partial charge in [-0.15, -0.1) is 0 Å². The van der Waals surface area contributed by atoms with Gasteiger partial charge in [-0.05, 0) is 96.3 Å². The topological polar surface area (TPSA) is 111 Å². The van der Waals surface area contributed by atoms with E-state index < -0.39 is 32.5 Å². The summed E-state index contributed by atoms with van der Waals surface area (Å²) in [6.45, 7) is 4.10. The van der Waals surface area contributed by atoms with E-state index >= 15 is 0 Å². The molecule has 0 aromatic rings. The first-order valence-corrected chi connectivity index (χ1v) is 31.4. The summed E-state index contributed by atoms with van der Waals surface area (Å²) in [6.07, 6.45) is 74.5. The van der Waals surface area contributed by atoms with Gasteiger partial charge in [-0.2, -0.15) is 0 Å². The highest BCUT2D eigenvalue weighted by Gasteiger charge is 2.22. The van der Waals surface area contributed by atoms with E-state index in [1.54, 1.807) is 0 Å². The second-order valence-corrected chi connectivity index (χ2v) is 22.4. The number of unbranched alkanes of at least 4 members (excludes halogenated alkanes) is 24. The highest BCUT2D eigenvalue weighted by atomic mass is 31.2. The Morgan fingerprint density at radius 1 is 0.432 bits per heavy atom. The van der Waals surface area contributed by atoms with E-state index in [2.05, 4.69) is 111 Å². The Kier molecular flexibility index (Phi) is 52.4. The summed E-state index contributed by atoms with van der Waals surface area (Å²) in [5.74, 6) is -0.850. The molecule has 0 amide bonds. The van der Waals surface area contributed by atoms with Crippen LogP contribution in [-0.2, 0) is 32.7 Å². The van der Waals surface area contributed by atoms with Crippen molar-refractivity contribution in [1.29, 1.82) is 0 Å².